The Balaban J connectivity index is 2.36. The number of urea groups is 1. The molecule has 1 rings (SSSR count). The molecule has 18 heavy (non-hydrogen) atoms. The molecule has 1 unspecified atom stereocenters. The second-order valence-electron chi connectivity index (χ2n) is 4.34. The highest BCUT2D eigenvalue weighted by atomic mass is 16.2. The molecule has 0 bridgehead atoms. The number of hydrogen-bond donors (Lipinski definition) is 2. The molecule has 0 spiro atoms. The molecule has 98 valence electrons. The Morgan fingerprint density at radius 1 is 1.28 bits per heavy atom. The Morgan fingerprint density at radius 2 is 1.94 bits per heavy atom. The molecule has 3 amide bonds. The number of hydrogen-bond acceptors (Lipinski definition) is 2. The smallest absolute Gasteiger partial charge is 0.318 e. The van der Waals surface area contributed by atoms with Crippen molar-refractivity contribution in [1.29, 1.82) is 0 Å². The van der Waals surface area contributed by atoms with Crippen LogP contribution in [0.4, 0.5) is 4.79 Å². The average molecular weight is 248 g/mol. The Hall–Kier alpha value is -1.84. The number of benzene rings is 1. The van der Waals surface area contributed by atoms with Gasteiger partial charge in [0.25, 0.3) is 0 Å². The van der Waals surface area contributed by atoms with E-state index in [0.29, 0.717) is 6.42 Å². The van der Waals surface area contributed by atoms with Crippen molar-refractivity contribution in [3.8, 4) is 0 Å². The highest BCUT2D eigenvalue weighted by molar-refractivity contribution is 5.94. The van der Waals surface area contributed by atoms with Crippen LogP contribution in [-0.2, 0) is 11.2 Å². The number of aryl methyl sites for hydroxylation is 1. The summed E-state index contributed by atoms with van der Waals surface area (Å²) in [6.07, 6.45) is 3.36. The molecule has 0 saturated carbocycles. The summed E-state index contributed by atoms with van der Waals surface area (Å²) in [6, 6.07) is 9.37. The number of imide groups is 1. The number of carbonyl (C=O) groups is 2. The van der Waals surface area contributed by atoms with Gasteiger partial charge in [0.05, 0.1) is 0 Å². The van der Waals surface area contributed by atoms with Crippen molar-refractivity contribution in [2.24, 2.45) is 11.7 Å². The molecule has 0 aromatic heterocycles. The summed E-state index contributed by atoms with van der Waals surface area (Å²) in [5.74, 6) is -0.403. The Labute approximate surface area is 108 Å². The summed E-state index contributed by atoms with van der Waals surface area (Å²) >= 11 is 0. The van der Waals surface area contributed by atoms with Crippen molar-refractivity contribution >= 4 is 11.9 Å². The van der Waals surface area contributed by atoms with Crippen LogP contribution in [0.1, 0.15) is 31.7 Å². The van der Waals surface area contributed by atoms with Gasteiger partial charge in [-0.05, 0) is 31.2 Å². The molecule has 0 saturated heterocycles. The molecular formula is C14H20N2O2. The van der Waals surface area contributed by atoms with E-state index in [2.05, 4.69) is 17.4 Å². The summed E-state index contributed by atoms with van der Waals surface area (Å²) in [6.45, 7) is 1.94. The van der Waals surface area contributed by atoms with Gasteiger partial charge >= 0.3 is 6.03 Å². The van der Waals surface area contributed by atoms with Crippen molar-refractivity contribution in [2.45, 2.75) is 32.6 Å². The summed E-state index contributed by atoms with van der Waals surface area (Å²) in [5.41, 5.74) is 6.20. The zero-order chi connectivity index (χ0) is 13.4. The van der Waals surface area contributed by atoms with E-state index in [-0.39, 0.29) is 11.8 Å². The van der Waals surface area contributed by atoms with Gasteiger partial charge < -0.3 is 5.73 Å². The Morgan fingerprint density at radius 3 is 2.50 bits per heavy atom. The minimum atomic E-state index is -0.776. The first-order valence-electron chi connectivity index (χ1n) is 6.27. The van der Waals surface area contributed by atoms with Crippen LogP contribution in [0.2, 0.25) is 0 Å². The van der Waals surface area contributed by atoms with E-state index >= 15 is 0 Å². The van der Waals surface area contributed by atoms with Gasteiger partial charge in [-0.25, -0.2) is 4.79 Å². The van der Waals surface area contributed by atoms with Crippen LogP contribution < -0.4 is 11.1 Å². The van der Waals surface area contributed by atoms with Gasteiger partial charge in [-0.15, -0.1) is 0 Å². The first-order valence-corrected chi connectivity index (χ1v) is 6.27. The first kappa shape index (κ1) is 14.2. The van der Waals surface area contributed by atoms with E-state index in [9.17, 15) is 9.59 Å². The Bertz CT molecular complexity index is 390. The van der Waals surface area contributed by atoms with E-state index in [1.54, 1.807) is 0 Å². The first-order chi connectivity index (χ1) is 8.63. The minimum Gasteiger partial charge on any atom is -0.351 e. The molecule has 1 aromatic carbocycles. The van der Waals surface area contributed by atoms with Gasteiger partial charge in [-0.2, -0.15) is 0 Å². The standard InChI is InChI=1S/C14H20N2O2/c1-2-12(13(17)16-14(15)18)10-6-9-11-7-4-3-5-8-11/h3-5,7-8,12H,2,6,9-10H2,1H3,(H3,15,16,17,18). The lowest BCUT2D eigenvalue weighted by Gasteiger charge is -2.13. The summed E-state index contributed by atoms with van der Waals surface area (Å²) in [4.78, 5) is 22.2. The highest BCUT2D eigenvalue weighted by Gasteiger charge is 2.17. The molecular weight excluding hydrogens is 228 g/mol. The average Bonchev–Trinajstić information content (AvgIpc) is 2.35. The van der Waals surface area contributed by atoms with Crippen LogP contribution in [0.25, 0.3) is 0 Å². The molecule has 0 fully saturated rings. The number of rotatable bonds is 6. The van der Waals surface area contributed by atoms with Gasteiger partial charge in [0.15, 0.2) is 0 Å². The lowest BCUT2D eigenvalue weighted by Crippen LogP contribution is -2.39. The minimum absolute atomic E-state index is 0.138. The van der Waals surface area contributed by atoms with E-state index in [4.69, 9.17) is 5.73 Å². The van der Waals surface area contributed by atoms with Crippen molar-refractivity contribution < 1.29 is 9.59 Å². The lowest BCUT2D eigenvalue weighted by atomic mass is 9.96. The third-order valence-electron chi connectivity index (χ3n) is 2.97. The van der Waals surface area contributed by atoms with Gasteiger partial charge in [-0.1, -0.05) is 37.3 Å². The zero-order valence-electron chi connectivity index (χ0n) is 10.7. The summed E-state index contributed by atoms with van der Waals surface area (Å²) in [7, 11) is 0. The fraction of sp³-hybridized carbons (Fsp3) is 0.429. The second-order valence-corrected chi connectivity index (χ2v) is 4.34. The molecule has 3 N–H and O–H groups in total. The van der Waals surface area contributed by atoms with E-state index in [1.807, 2.05) is 25.1 Å². The summed E-state index contributed by atoms with van der Waals surface area (Å²) < 4.78 is 0. The van der Waals surface area contributed by atoms with Crippen LogP contribution >= 0.6 is 0 Å². The van der Waals surface area contributed by atoms with Crippen LogP contribution in [0.15, 0.2) is 30.3 Å². The van der Waals surface area contributed by atoms with Crippen LogP contribution in [0, 0.1) is 5.92 Å². The van der Waals surface area contributed by atoms with Crippen molar-refractivity contribution in [2.75, 3.05) is 0 Å². The molecule has 0 aliphatic heterocycles. The van der Waals surface area contributed by atoms with Crippen molar-refractivity contribution in [3.05, 3.63) is 35.9 Å². The van der Waals surface area contributed by atoms with Crippen molar-refractivity contribution in [1.82, 2.24) is 5.32 Å². The predicted molar refractivity (Wildman–Crippen MR) is 70.9 cm³/mol. The second kappa shape index (κ2) is 7.48. The maximum absolute atomic E-state index is 11.6. The van der Waals surface area contributed by atoms with E-state index in [0.717, 1.165) is 19.3 Å². The van der Waals surface area contributed by atoms with E-state index < -0.39 is 6.03 Å². The van der Waals surface area contributed by atoms with Gasteiger partial charge in [0.1, 0.15) is 0 Å². The maximum atomic E-state index is 11.6. The van der Waals surface area contributed by atoms with Crippen LogP contribution in [0.5, 0.6) is 0 Å². The molecule has 0 aliphatic rings. The quantitative estimate of drug-likeness (QED) is 0.810. The van der Waals surface area contributed by atoms with Crippen molar-refractivity contribution in [3.63, 3.8) is 0 Å². The summed E-state index contributed by atoms with van der Waals surface area (Å²) in [5, 5.41) is 2.14. The van der Waals surface area contributed by atoms with Crippen LogP contribution in [0.3, 0.4) is 0 Å². The topological polar surface area (TPSA) is 72.2 Å². The maximum Gasteiger partial charge on any atom is 0.318 e. The van der Waals surface area contributed by atoms with Gasteiger partial charge in [0, 0.05) is 5.92 Å². The van der Waals surface area contributed by atoms with Gasteiger partial charge in [-0.3, -0.25) is 10.1 Å². The number of nitrogens with one attached hydrogen (secondary N) is 1. The number of amides is 3. The number of primary amides is 1. The predicted octanol–water partition coefficient (Wildman–Crippen LogP) is 2.23. The molecule has 0 aliphatic carbocycles. The SMILES string of the molecule is CCC(CCCc1ccccc1)C(=O)NC(N)=O. The monoisotopic (exact) mass is 248 g/mol. The third kappa shape index (κ3) is 4.99. The number of carbonyl (C=O) groups excluding carboxylic acids is 2. The largest absolute Gasteiger partial charge is 0.351 e. The molecule has 1 atom stereocenters. The third-order valence-corrected chi connectivity index (χ3v) is 2.97. The fourth-order valence-corrected chi connectivity index (χ4v) is 1.94. The molecule has 4 heteroatoms. The highest BCUT2D eigenvalue weighted by Crippen LogP contribution is 2.14. The normalized spacial score (nSPS) is 11.8. The number of nitrogens with two attached hydrogens (primary N) is 1. The molecule has 1 aromatic rings. The van der Waals surface area contributed by atoms with E-state index in [1.165, 1.54) is 5.56 Å². The van der Waals surface area contributed by atoms with Gasteiger partial charge in [0.2, 0.25) is 5.91 Å². The Kier molecular flexibility index (Phi) is 5.91. The van der Waals surface area contributed by atoms with Crippen LogP contribution in [-0.4, -0.2) is 11.9 Å². The molecule has 0 heterocycles. The fourth-order valence-electron chi connectivity index (χ4n) is 1.94. The molecule has 0 radical (unpaired) electrons. The lowest BCUT2D eigenvalue weighted by molar-refractivity contribution is -0.124. The zero-order valence-corrected chi connectivity index (χ0v) is 10.7. The molecule has 4 nitrogen and oxygen atoms in total.